The highest BCUT2D eigenvalue weighted by Gasteiger charge is 2.31. The molecule has 1 aliphatic heterocycles. The van der Waals surface area contributed by atoms with Gasteiger partial charge in [0.25, 0.3) is 5.91 Å². The zero-order chi connectivity index (χ0) is 22.8. The standard InChI is InChI=1S/C22H24ClF2N5O2/c23-20-13(14(24)7-8-15(20)25)11-30-9-3-6-17-19(30)10-18(29-28-17)22(32)27-16-5-2-1-4-12(16)21(26)31/h7-8,10,12,16H,1-6,9,11H2,(H2,26,31)(H,27,32). The molecule has 2 heterocycles. The minimum absolute atomic E-state index is 0.0363. The van der Waals surface area contributed by atoms with Crippen molar-refractivity contribution in [2.75, 3.05) is 11.4 Å². The first-order chi connectivity index (χ1) is 15.3. The molecule has 2 unspecified atom stereocenters. The van der Waals surface area contributed by atoms with Crippen LogP contribution in [0.1, 0.15) is 53.8 Å². The first-order valence-corrected chi connectivity index (χ1v) is 11.1. The number of hydrogen-bond acceptors (Lipinski definition) is 5. The van der Waals surface area contributed by atoms with Gasteiger partial charge in [-0.2, -0.15) is 5.10 Å². The minimum atomic E-state index is -0.690. The Kier molecular flexibility index (Phi) is 6.55. The Balaban J connectivity index is 1.57. The van der Waals surface area contributed by atoms with Gasteiger partial charge >= 0.3 is 0 Å². The van der Waals surface area contributed by atoms with Crippen molar-refractivity contribution >= 4 is 29.1 Å². The van der Waals surface area contributed by atoms with Gasteiger partial charge in [-0.3, -0.25) is 9.59 Å². The Bertz CT molecular complexity index is 1050. The average Bonchev–Trinajstić information content (AvgIpc) is 2.79. The van der Waals surface area contributed by atoms with Gasteiger partial charge in [0.15, 0.2) is 5.69 Å². The summed E-state index contributed by atoms with van der Waals surface area (Å²) in [5.41, 5.74) is 6.94. The van der Waals surface area contributed by atoms with Gasteiger partial charge in [0, 0.05) is 24.7 Å². The number of nitrogens with zero attached hydrogens (tertiary/aromatic N) is 3. The number of halogens is 3. The van der Waals surface area contributed by atoms with Crippen molar-refractivity contribution in [3.63, 3.8) is 0 Å². The van der Waals surface area contributed by atoms with Crippen molar-refractivity contribution in [1.29, 1.82) is 0 Å². The van der Waals surface area contributed by atoms with Gasteiger partial charge in [-0.25, -0.2) is 8.78 Å². The van der Waals surface area contributed by atoms with Crippen LogP contribution >= 0.6 is 11.6 Å². The molecule has 170 valence electrons. The Labute approximate surface area is 189 Å². The highest BCUT2D eigenvalue weighted by atomic mass is 35.5. The van der Waals surface area contributed by atoms with Gasteiger partial charge in [0.2, 0.25) is 5.91 Å². The maximum atomic E-state index is 14.3. The fourth-order valence-corrected chi connectivity index (χ4v) is 4.70. The molecule has 0 radical (unpaired) electrons. The zero-order valence-electron chi connectivity index (χ0n) is 17.4. The van der Waals surface area contributed by atoms with Crippen molar-refractivity contribution < 1.29 is 18.4 Å². The third-order valence-electron chi connectivity index (χ3n) is 6.20. The molecule has 1 aliphatic carbocycles. The Morgan fingerprint density at radius 3 is 2.69 bits per heavy atom. The van der Waals surface area contributed by atoms with Gasteiger partial charge in [-0.1, -0.05) is 24.4 Å². The van der Waals surface area contributed by atoms with E-state index in [0.29, 0.717) is 37.2 Å². The summed E-state index contributed by atoms with van der Waals surface area (Å²) in [5, 5.41) is 10.9. The smallest absolute Gasteiger partial charge is 0.272 e. The molecule has 3 N–H and O–H groups in total. The van der Waals surface area contributed by atoms with E-state index >= 15 is 0 Å². The second kappa shape index (κ2) is 9.36. The number of amides is 2. The second-order valence-electron chi connectivity index (χ2n) is 8.28. The third kappa shape index (κ3) is 4.53. The molecular weight excluding hydrogens is 440 g/mol. The highest BCUT2D eigenvalue weighted by Crippen LogP contribution is 2.31. The summed E-state index contributed by atoms with van der Waals surface area (Å²) in [5.74, 6) is -2.57. The molecule has 4 rings (SSSR count). The van der Waals surface area contributed by atoms with E-state index in [4.69, 9.17) is 17.3 Å². The Morgan fingerprint density at radius 2 is 1.91 bits per heavy atom. The molecule has 0 spiro atoms. The lowest BCUT2D eigenvalue weighted by atomic mass is 9.84. The molecular formula is C22H24ClF2N5O2. The van der Waals surface area contributed by atoms with E-state index in [1.807, 2.05) is 4.90 Å². The van der Waals surface area contributed by atoms with Gasteiger partial charge in [-0.05, 0) is 43.9 Å². The van der Waals surface area contributed by atoms with Crippen LogP contribution < -0.4 is 16.0 Å². The number of nitrogens with two attached hydrogens (primary N) is 1. The van der Waals surface area contributed by atoms with Gasteiger partial charge < -0.3 is 16.0 Å². The van der Waals surface area contributed by atoms with Crippen LogP contribution in [0.2, 0.25) is 5.02 Å². The van der Waals surface area contributed by atoms with Crippen molar-refractivity contribution in [3.8, 4) is 0 Å². The molecule has 0 saturated heterocycles. The topological polar surface area (TPSA) is 101 Å². The number of carbonyl (C=O) groups is 2. The molecule has 7 nitrogen and oxygen atoms in total. The van der Waals surface area contributed by atoms with E-state index < -0.39 is 29.4 Å². The lowest BCUT2D eigenvalue weighted by molar-refractivity contribution is -0.123. The average molecular weight is 464 g/mol. The molecule has 1 saturated carbocycles. The van der Waals surface area contributed by atoms with E-state index in [1.54, 1.807) is 6.07 Å². The van der Waals surface area contributed by atoms with E-state index in [-0.39, 0.29) is 28.9 Å². The Morgan fingerprint density at radius 1 is 1.16 bits per heavy atom. The van der Waals surface area contributed by atoms with Crippen LogP contribution in [0, 0.1) is 17.6 Å². The van der Waals surface area contributed by atoms with Crippen LogP contribution in [-0.4, -0.2) is 34.6 Å². The van der Waals surface area contributed by atoms with E-state index in [2.05, 4.69) is 15.5 Å². The summed E-state index contributed by atoms with van der Waals surface area (Å²) in [6.07, 6.45) is 4.52. The van der Waals surface area contributed by atoms with Gasteiger partial charge in [0.1, 0.15) is 11.6 Å². The van der Waals surface area contributed by atoms with Gasteiger partial charge in [0.05, 0.1) is 22.3 Å². The predicted molar refractivity (Wildman–Crippen MR) is 115 cm³/mol. The lowest BCUT2D eigenvalue weighted by Crippen LogP contribution is -2.47. The van der Waals surface area contributed by atoms with Gasteiger partial charge in [-0.15, -0.1) is 5.10 Å². The van der Waals surface area contributed by atoms with Crippen LogP contribution in [-0.2, 0) is 17.8 Å². The lowest BCUT2D eigenvalue weighted by Gasteiger charge is -2.31. The van der Waals surface area contributed by atoms with E-state index in [9.17, 15) is 18.4 Å². The summed E-state index contributed by atoms with van der Waals surface area (Å²) in [7, 11) is 0. The first kappa shape index (κ1) is 22.4. The van der Waals surface area contributed by atoms with Crippen LogP contribution in [0.5, 0.6) is 0 Å². The summed E-state index contributed by atoms with van der Waals surface area (Å²) < 4.78 is 28.2. The number of carbonyl (C=O) groups excluding carboxylic acids is 2. The SMILES string of the molecule is NC(=O)C1CCCCC1NC(=O)c1cc2c(nn1)CCCN2Cc1c(F)ccc(F)c1Cl. The number of benzene rings is 1. The summed E-state index contributed by atoms with van der Waals surface area (Å²) in [6, 6.07) is 3.29. The maximum absolute atomic E-state index is 14.3. The Hall–Kier alpha value is -2.81. The second-order valence-corrected chi connectivity index (χ2v) is 8.66. The number of aryl methyl sites for hydroxylation is 1. The van der Waals surface area contributed by atoms with Crippen molar-refractivity contribution in [1.82, 2.24) is 15.5 Å². The summed E-state index contributed by atoms with van der Waals surface area (Å²) in [4.78, 5) is 26.4. The normalized spacial score (nSPS) is 20.5. The van der Waals surface area contributed by atoms with E-state index in [1.165, 1.54) is 0 Å². The van der Waals surface area contributed by atoms with Crippen LogP contribution in [0.15, 0.2) is 18.2 Å². The first-order valence-electron chi connectivity index (χ1n) is 10.7. The number of nitrogens with one attached hydrogen (secondary N) is 1. The summed E-state index contributed by atoms with van der Waals surface area (Å²) >= 11 is 6.00. The number of aromatic nitrogens is 2. The van der Waals surface area contributed by atoms with E-state index in [0.717, 1.165) is 31.4 Å². The largest absolute Gasteiger partial charge is 0.369 e. The van der Waals surface area contributed by atoms with Crippen molar-refractivity contribution in [2.45, 2.75) is 51.1 Å². The molecule has 32 heavy (non-hydrogen) atoms. The molecule has 1 aromatic heterocycles. The summed E-state index contributed by atoms with van der Waals surface area (Å²) in [6.45, 7) is 0.604. The van der Waals surface area contributed by atoms with Crippen molar-refractivity contribution in [2.24, 2.45) is 11.7 Å². The quantitative estimate of drug-likeness (QED) is 0.663. The molecule has 10 heteroatoms. The fraction of sp³-hybridized carbons (Fsp3) is 0.455. The van der Waals surface area contributed by atoms with Crippen molar-refractivity contribution in [3.05, 3.63) is 51.8 Å². The molecule has 0 bridgehead atoms. The molecule has 1 fully saturated rings. The van der Waals surface area contributed by atoms with Crippen LogP contribution in [0.4, 0.5) is 14.5 Å². The molecule has 2 atom stereocenters. The number of hydrogen-bond donors (Lipinski definition) is 2. The highest BCUT2D eigenvalue weighted by molar-refractivity contribution is 6.31. The number of fused-ring (bicyclic) bond motifs is 1. The maximum Gasteiger partial charge on any atom is 0.272 e. The fourth-order valence-electron chi connectivity index (χ4n) is 4.48. The number of rotatable bonds is 5. The molecule has 1 aromatic carbocycles. The number of anilines is 1. The number of primary amides is 1. The van der Waals surface area contributed by atoms with Crippen LogP contribution in [0.3, 0.4) is 0 Å². The predicted octanol–water partition coefficient (Wildman–Crippen LogP) is 3.13. The monoisotopic (exact) mass is 463 g/mol. The third-order valence-corrected chi connectivity index (χ3v) is 6.61. The molecule has 2 aromatic rings. The van der Waals surface area contributed by atoms with Crippen LogP contribution in [0.25, 0.3) is 0 Å². The zero-order valence-corrected chi connectivity index (χ0v) is 18.2. The minimum Gasteiger partial charge on any atom is -0.369 e. The molecule has 2 aliphatic rings. The molecule has 2 amide bonds.